The van der Waals surface area contributed by atoms with Crippen molar-refractivity contribution in [2.75, 3.05) is 26.7 Å². The third-order valence-corrected chi connectivity index (χ3v) is 6.07. The Morgan fingerprint density at radius 3 is 1.68 bits per heavy atom. The Morgan fingerprint density at radius 2 is 1.21 bits per heavy atom. The lowest BCUT2D eigenvalue weighted by Gasteiger charge is -2.34. The molecule has 0 aromatic heterocycles. The maximum atomic E-state index is 13.2. The van der Waals surface area contributed by atoms with Crippen molar-refractivity contribution in [3.05, 3.63) is 30.1 Å². The van der Waals surface area contributed by atoms with E-state index in [9.17, 15) is 4.39 Å². The average molecular weight is 393 g/mol. The Morgan fingerprint density at radius 1 is 0.714 bits per heavy atom. The molecule has 1 aromatic carbocycles. The molecule has 0 atom stereocenters. The standard InChI is InChI=1S/C13H30N.C12H19BF/c1-5-8-11-14(4,12-9-6-2)13-10-7-3;1-2-3-4-7-10-13-11-8-5-6-9-12(11)14/h5-13H2,1-4H3;5-6,8-9H,2-4,7,10,13H2,1H3/q+1;-1. The zero-order valence-corrected chi connectivity index (χ0v) is 20.0. The van der Waals surface area contributed by atoms with Crippen LogP contribution >= 0.6 is 0 Å². The van der Waals surface area contributed by atoms with Gasteiger partial charge in [-0.3, -0.25) is 0 Å². The summed E-state index contributed by atoms with van der Waals surface area (Å²) in [4.78, 5) is 0. The smallest absolute Gasteiger partial charge is 0.0871 e. The molecule has 0 aliphatic rings. The van der Waals surface area contributed by atoms with Crippen LogP contribution in [0.4, 0.5) is 4.39 Å². The van der Waals surface area contributed by atoms with E-state index >= 15 is 0 Å². The maximum Gasteiger partial charge on any atom is 0.0871 e. The first-order chi connectivity index (χ1) is 13.5. The van der Waals surface area contributed by atoms with Gasteiger partial charge in [0.15, 0.2) is 0 Å². The monoisotopic (exact) mass is 393 g/mol. The summed E-state index contributed by atoms with van der Waals surface area (Å²) >= 11 is 0. The van der Waals surface area contributed by atoms with E-state index in [4.69, 9.17) is 0 Å². The summed E-state index contributed by atoms with van der Waals surface area (Å²) in [5, 5.41) is 0. The van der Waals surface area contributed by atoms with E-state index in [0.29, 0.717) is 0 Å². The van der Waals surface area contributed by atoms with Gasteiger partial charge in [0.25, 0.3) is 0 Å². The first kappa shape index (κ1) is 27.2. The van der Waals surface area contributed by atoms with Crippen LogP contribution in [-0.2, 0) is 0 Å². The number of quaternary nitrogens is 1. The lowest BCUT2D eigenvalue weighted by molar-refractivity contribution is -0.910. The Bertz CT molecular complexity index is 442. The van der Waals surface area contributed by atoms with E-state index in [0.717, 1.165) is 5.46 Å². The van der Waals surface area contributed by atoms with Crippen LogP contribution in [0.5, 0.6) is 0 Å². The van der Waals surface area contributed by atoms with Crippen LogP contribution in [0.3, 0.4) is 0 Å². The fourth-order valence-electron chi connectivity index (χ4n) is 3.92. The zero-order chi connectivity index (χ0) is 21.1. The molecule has 0 aliphatic carbocycles. The third-order valence-electron chi connectivity index (χ3n) is 6.07. The van der Waals surface area contributed by atoms with Crippen molar-refractivity contribution < 1.29 is 8.87 Å². The van der Waals surface area contributed by atoms with Gasteiger partial charge in [-0.15, -0.1) is 0 Å². The Labute approximate surface area is 176 Å². The SMILES string of the molecule is CCCCCC[BH2-]c1ccccc1F.CCCC[N+](C)(CCCC)CCCC. The molecule has 0 amide bonds. The second-order valence-electron chi connectivity index (χ2n) is 9.01. The summed E-state index contributed by atoms with van der Waals surface area (Å²) in [6.45, 7) is 13.3. The van der Waals surface area contributed by atoms with Gasteiger partial charge in [-0.1, -0.05) is 90.8 Å². The van der Waals surface area contributed by atoms with Crippen molar-refractivity contribution in [1.82, 2.24) is 0 Å². The minimum Gasteiger partial charge on any atom is -0.326 e. The highest BCUT2D eigenvalue weighted by atomic mass is 19.1. The highest BCUT2D eigenvalue weighted by Crippen LogP contribution is 2.10. The minimum atomic E-state index is -0.220. The molecule has 0 aliphatic heterocycles. The number of hydrogen-bond acceptors (Lipinski definition) is 0. The molecule has 0 saturated carbocycles. The van der Waals surface area contributed by atoms with Gasteiger partial charge < -0.3 is 4.48 Å². The second kappa shape index (κ2) is 18.2. The molecule has 3 heteroatoms. The number of unbranched alkanes of at least 4 members (excludes halogenated alkanes) is 6. The van der Waals surface area contributed by atoms with Crippen LogP contribution in [0.2, 0.25) is 6.32 Å². The zero-order valence-electron chi connectivity index (χ0n) is 20.0. The van der Waals surface area contributed by atoms with E-state index in [2.05, 4.69) is 34.7 Å². The predicted octanol–water partition coefficient (Wildman–Crippen LogP) is 6.45. The van der Waals surface area contributed by atoms with Crippen molar-refractivity contribution in [2.24, 2.45) is 0 Å². The molecule has 0 unspecified atom stereocenters. The quantitative estimate of drug-likeness (QED) is 0.182. The second-order valence-corrected chi connectivity index (χ2v) is 9.01. The topological polar surface area (TPSA) is 0 Å². The van der Waals surface area contributed by atoms with Gasteiger partial charge in [-0.05, 0) is 32.6 Å². The van der Waals surface area contributed by atoms with Crippen molar-refractivity contribution in [3.63, 3.8) is 0 Å². The molecular weight excluding hydrogens is 344 g/mol. The van der Waals surface area contributed by atoms with Crippen molar-refractivity contribution >= 4 is 12.7 Å². The normalized spacial score (nSPS) is 11.2. The summed E-state index contributed by atoms with van der Waals surface area (Å²) < 4.78 is 14.5. The maximum absolute atomic E-state index is 13.2. The van der Waals surface area contributed by atoms with E-state index in [1.54, 1.807) is 12.1 Å². The summed E-state index contributed by atoms with van der Waals surface area (Å²) in [5.74, 6) is 0.00277. The largest absolute Gasteiger partial charge is 0.326 e. The molecule has 0 bridgehead atoms. The van der Waals surface area contributed by atoms with Crippen LogP contribution in [0.25, 0.3) is 0 Å². The first-order valence-electron chi connectivity index (χ1n) is 12.4. The average Bonchev–Trinajstić information content (AvgIpc) is 2.71. The highest BCUT2D eigenvalue weighted by Gasteiger charge is 2.18. The van der Waals surface area contributed by atoms with Gasteiger partial charge >= 0.3 is 0 Å². The van der Waals surface area contributed by atoms with Crippen molar-refractivity contribution in [3.8, 4) is 0 Å². The van der Waals surface area contributed by atoms with Crippen LogP contribution in [-0.4, -0.2) is 38.4 Å². The molecule has 0 radical (unpaired) electrons. The molecule has 0 saturated heterocycles. The summed E-state index contributed by atoms with van der Waals surface area (Å²) in [6.07, 6.45) is 14.6. The molecule has 1 rings (SSSR count). The lowest BCUT2D eigenvalue weighted by atomic mass is 9.66. The molecule has 0 fully saturated rings. The number of rotatable bonds is 15. The van der Waals surface area contributed by atoms with Crippen molar-refractivity contribution in [1.29, 1.82) is 0 Å². The fourth-order valence-corrected chi connectivity index (χ4v) is 3.92. The lowest BCUT2D eigenvalue weighted by Crippen LogP contribution is -2.46. The molecule has 28 heavy (non-hydrogen) atoms. The molecule has 1 aromatic rings. The van der Waals surface area contributed by atoms with Gasteiger partial charge in [0.1, 0.15) is 0 Å². The Kier molecular flexibility index (Phi) is 17.7. The van der Waals surface area contributed by atoms with E-state index < -0.39 is 0 Å². The molecular formula is C25H49BFN. The van der Waals surface area contributed by atoms with Gasteiger partial charge in [0.2, 0.25) is 0 Å². The number of halogens is 1. The van der Waals surface area contributed by atoms with Crippen LogP contribution in [0.15, 0.2) is 24.3 Å². The van der Waals surface area contributed by atoms with E-state index in [-0.39, 0.29) is 13.1 Å². The first-order valence-corrected chi connectivity index (χ1v) is 12.4. The fraction of sp³-hybridized carbons (Fsp3) is 0.760. The van der Waals surface area contributed by atoms with E-state index in [1.807, 2.05) is 12.1 Å². The van der Waals surface area contributed by atoms with Gasteiger partial charge in [0.05, 0.1) is 32.5 Å². The molecule has 0 heterocycles. The summed E-state index contributed by atoms with van der Waals surface area (Å²) in [6, 6.07) is 7.22. The van der Waals surface area contributed by atoms with Crippen LogP contribution in [0.1, 0.15) is 91.9 Å². The van der Waals surface area contributed by atoms with E-state index in [1.165, 1.54) is 94.6 Å². The Hall–Kier alpha value is -0.825. The van der Waals surface area contributed by atoms with Crippen molar-refractivity contribution in [2.45, 2.75) is 98.2 Å². The number of benzene rings is 1. The predicted molar refractivity (Wildman–Crippen MR) is 129 cm³/mol. The number of hydrogen-bond donors (Lipinski definition) is 0. The summed E-state index contributed by atoms with van der Waals surface area (Å²) in [7, 11) is 2.22. The highest BCUT2D eigenvalue weighted by molar-refractivity contribution is 6.53. The Balaban J connectivity index is 0.000000521. The minimum absolute atomic E-state index is 0.00277. The molecule has 1 nitrogen and oxygen atoms in total. The van der Waals surface area contributed by atoms with Crippen LogP contribution in [0, 0.1) is 5.82 Å². The molecule has 0 spiro atoms. The molecule has 0 N–H and O–H groups in total. The van der Waals surface area contributed by atoms with Gasteiger partial charge in [-0.25, -0.2) is 4.39 Å². The van der Waals surface area contributed by atoms with Gasteiger partial charge in [-0.2, -0.15) is 11.8 Å². The molecule has 164 valence electrons. The summed E-state index contributed by atoms with van der Waals surface area (Å²) in [5.41, 5.74) is 0.990. The number of nitrogens with zero attached hydrogens (tertiary/aromatic N) is 1. The van der Waals surface area contributed by atoms with Gasteiger partial charge in [0, 0.05) is 0 Å². The third kappa shape index (κ3) is 14.2. The van der Waals surface area contributed by atoms with Crippen LogP contribution < -0.4 is 5.46 Å².